The van der Waals surface area contributed by atoms with Gasteiger partial charge in [0.05, 0.1) is 10.7 Å². The molecule has 0 aromatic heterocycles. The highest BCUT2D eigenvalue weighted by Gasteiger charge is 2.32. The van der Waals surface area contributed by atoms with E-state index in [9.17, 15) is 4.79 Å². The Morgan fingerprint density at radius 2 is 2.22 bits per heavy atom. The number of rotatable bonds is 4. The standard InChI is InChI=1S/C13H15ClN2OS/c1-7(8-2-3-8)13(17)16-11-6-9(12(15)18)4-5-10(11)14/h4-8H,2-3H2,1H3,(H2,15,18)(H,16,17). The average Bonchev–Trinajstić information content (AvgIpc) is 3.14. The van der Waals surface area contributed by atoms with Crippen LogP contribution in [0.1, 0.15) is 25.3 Å². The van der Waals surface area contributed by atoms with E-state index < -0.39 is 0 Å². The summed E-state index contributed by atoms with van der Waals surface area (Å²) in [5, 5.41) is 3.33. The molecule has 5 heteroatoms. The van der Waals surface area contributed by atoms with Crippen molar-refractivity contribution in [3.8, 4) is 0 Å². The molecule has 0 saturated heterocycles. The summed E-state index contributed by atoms with van der Waals surface area (Å²) in [6.45, 7) is 1.94. The first-order valence-electron chi connectivity index (χ1n) is 5.89. The Labute approximate surface area is 117 Å². The quantitative estimate of drug-likeness (QED) is 0.835. The van der Waals surface area contributed by atoms with E-state index in [1.807, 2.05) is 6.92 Å². The van der Waals surface area contributed by atoms with Crippen molar-refractivity contribution in [2.24, 2.45) is 17.6 Å². The van der Waals surface area contributed by atoms with Crippen molar-refractivity contribution in [2.75, 3.05) is 5.32 Å². The van der Waals surface area contributed by atoms with Gasteiger partial charge >= 0.3 is 0 Å². The van der Waals surface area contributed by atoms with Crippen molar-refractivity contribution in [2.45, 2.75) is 19.8 Å². The fourth-order valence-electron chi connectivity index (χ4n) is 1.83. The lowest BCUT2D eigenvalue weighted by Gasteiger charge is -2.13. The normalized spacial score (nSPS) is 16.1. The number of carbonyl (C=O) groups is 1. The molecule has 1 aromatic carbocycles. The highest BCUT2D eigenvalue weighted by Crippen LogP contribution is 2.37. The summed E-state index contributed by atoms with van der Waals surface area (Å²) in [7, 11) is 0. The summed E-state index contributed by atoms with van der Waals surface area (Å²) in [6.07, 6.45) is 2.27. The molecule has 1 amide bonds. The second-order valence-corrected chi connectivity index (χ2v) is 5.52. The van der Waals surface area contributed by atoms with Crippen LogP contribution in [0.4, 0.5) is 5.69 Å². The molecule has 1 fully saturated rings. The fourth-order valence-corrected chi connectivity index (χ4v) is 2.12. The molecule has 3 N–H and O–H groups in total. The van der Waals surface area contributed by atoms with Gasteiger partial charge in [0, 0.05) is 11.5 Å². The van der Waals surface area contributed by atoms with Crippen molar-refractivity contribution in [1.29, 1.82) is 0 Å². The second kappa shape index (κ2) is 5.24. The summed E-state index contributed by atoms with van der Waals surface area (Å²) < 4.78 is 0. The van der Waals surface area contributed by atoms with Gasteiger partial charge < -0.3 is 11.1 Å². The Morgan fingerprint density at radius 1 is 1.56 bits per heavy atom. The number of thiocarbonyl (C=S) groups is 1. The summed E-state index contributed by atoms with van der Waals surface area (Å²) in [4.78, 5) is 12.3. The van der Waals surface area contributed by atoms with Gasteiger partial charge in [-0.15, -0.1) is 0 Å². The highest BCUT2D eigenvalue weighted by atomic mass is 35.5. The van der Waals surface area contributed by atoms with Crippen molar-refractivity contribution >= 4 is 40.4 Å². The van der Waals surface area contributed by atoms with Crippen molar-refractivity contribution in [1.82, 2.24) is 0 Å². The molecule has 1 aliphatic carbocycles. The summed E-state index contributed by atoms with van der Waals surface area (Å²) in [5.74, 6) is 0.539. The van der Waals surface area contributed by atoms with E-state index in [4.69, 9.17) is 29.6 Å². The van der Waals surface area contributed by atoms with Gasteiger partial charge in [-0.1, -0.05) is 36.8 Å². The van der Waals surface area contributed by atoms with Crippen LogP contribution < -0.4 is 11.1 Å². The molecule has 1 aromatic rings. The maximum absolute atomic E-state index is 12.0. The lowest BCUT2D eigenvalue weighted by molar-refractivity contribution is -0.119. The molecule has 2 rings (SSSR count). The lowest BCUT2D eigenvalue weighted by atomic mass is 10.1. The molecule has 1 saturated carbocycles. The number of anilines is 1. The van der Waals surface area contributed by atoms with Crippen molar-refractivity contribution in [3.05, 3.63) is 28.8 Å². The van der Waals surface area contributed by atoms with Gasteiger partial charge in [0.15, 0.2) is 0 Å². The van der Waals surface area contributed by atoms with Crippen LogP contribution in [0.25, 0.3) is 0 Å². The first-order chi connectivity index (χ1) is 8.49. The predicted molar refractivity (Wildman–Crippen MR) is 77.9 cm³/mol. The lowest BCUT2D eigenvalue weighted by Crippen LogP contribution is -2.22. The monoisotopic (exact) mass is 282 g/mol. The number of halogens is 1. The number of hydrogen-bond donors (Lipinski definition) is 2. The summed E-state index contributed by atoms with van der Waals surface area (Å²) >= 11 is 10.9. The predicted octanol–water partition coefficient (Wildman–Crippen LogP) is 2.96. The molecule has 1 unspecified atom stereocenters. The first-order valence-corrected chi connectivity index (χ1v) is 6.68. The average molecular weight is 283 g/mol. The number of carbonyl (C=O) groups excluding carboxylic acids is 1. The second-order valence-electron chi connectivity index (χ2n) is 4.67. The van der Waals surface area contributed by atoms with Crippen LogP contribution in [0.5, 0.6) is 0 Å². The molecule has 0 bridgehead atoms. The molecule has 0 heterocycles. The van der Waals surface area contributed by atoms with Gasteiger partial charge in [-0.25, -0.2) is 0 Å². The van der Waals surface area contributed by atoms with Gasteiger partial charge in [-0.05, 0) is 30.9 Å². The number of nitrogens with one attached hydrogen (secondary N) is 1. The maximum atomic E-state index is 12.0. The molecule has 96 valence electrons. The van der Waals surface area contributed by atoms with Gasteiger partial charge in [0.25, 0.3) is 0 Å². The number of hydrogen-bond acceptors (Lipinski definition) is 2. The smallest absolute Gasteiger partial charge is 0.227 e. The van der Waals surface area contributed by atoms with E-state index in [-0.39, 0.29) is 16.8 Å². The van der Waals surface area contributed by atoms with Crippen LogP contribution in [0.15, 0.2) is 18.2 Å². The molecule has 0 aliphatic heterocycles. The fraction of sp³-hybridized carbons (Fsp3) is 0.385. The zero-order valence-electron chi connectivity index (χ0n) is 10.1. The molecular formula is C13H15ClN2OS. The summed E-state index contributed by atoms with van der Waals surface area (Å²) in [5.41, 5.74) is 6.82. The minimum absolute atomic E-state index is 0.000472. The van der Waals surface area contributed by atoms with Crippen LogP contribution in [0.2, 0.25) is 5.02 Å². The molecule has 18 heavy (non-hydrogen) atoms. The van der Waals surface area contributed by atoms with Crippen LogP contribution in [0.3, 0.4) is 0 Å². The van der Waals surface area contributed by atoms with E-state index in [1.54, 1.807) is 18.2 Å². The Balaban J connectivity index is 2.14. The topological polar surface area (TPSA) is 55.1 Å². The van der Waals surface area contributed by atoms with Gasteiger partial charge in [-0.3, -0.25) is 4.79 Å². The zero-order chi connectivity index (χ0) is 13.3. The van der Waals surface area contributed by atoms with Crippen LogP contribution in [-0.4, -0.2) is 10.9 Å². The maximum Gasteiger partial charge on any atom is 0.227 e. The number of nitrogens with two attached hydrogens (primary N) is 1. The van der Waals surface area contributed by atoms with E-state index in [2.05, 4.69) is 5.32 Å². The number of benzene rings is 1. The third-order valence-electron chi connectivity index (χ3n) is 3.25. The molecule has 1 atom stereocenters. The largest absolute Gasteiger partial charge is 0.389 e. The molecule has 0 spiro atoms. The van der Waals surface area contributed by atoms with Crippen molar-refractivity contribution in [3.63, 3.8) is 0 Å². The van der Waals surface area contributed by atoms with E-state index in [1.165, 1.54) is 0 Å². The first kappa shape index (κ1) is 13.3. The third kappa shape index (κ3) is 3.00. The van der Waals surface area contributed by atoms with Gasteiger partial charge in [-0.2, -0.15) is 0 Å². The van der Waals surface area contributed by atoms with Crippen LogP contribution in [-0.2, 0) is 4.79 Å². The minimum Gasteiger partial charge on any atom is -0.389 e. The SMILES string of the molecule is CC(C(=O)Nc1cc(C(N)=S)ccc1Cl)C1CC1. The van der Waals surface area contributed by atoms with Gasteiger partial charge in [0.2, 0.25) is 5.91 Å². The molecule has 0 radical (unpaired) electrons. The zero-order valence-corrected chi connectivity index (χ0v) is 11.6. The van der Waals surface area contributed by atoms with Crippen molar-refractivity contribution < 1.29 is 4.79 Å². The third-order valence-corrected chi connectivity index (χ3v) is 3.82. The van der Waals surface area contributed by atoms with E-state index >= 15 is 0 Å². The Bertz CT molecular complexity index is 500. The van der Waals surface area contributed by atoms with E-state index in [0.29, 0.717) is 22.2 Å². The van der Waals surface area contributed by atoms with Gasteiger partial charge in [0.1, 0.15) is 4.99 Å². The Hall–Kier alpha value is -1.13. The summed E-state index contributed by atoms with van der Waals surface area (Å²) in [6, 6.07) is 5.14. The Kier molecular flexibility index (Phi) is 3.88. The van der Waals surface area contributed by atoms with E-state index in [0.717, 1.165) is 12.8 Å². The Morgan fingerprint density at radius 3 is 2.78 bits per heavy atom. The molecular weight excluding hydrogens is 268 g/mol. The van der Waals surface area contributed by atoms with Crippen LogP contribution >= 0.6 is 23.8 Å². The highest BCUT2D eigenvalue weighted by molar-refractivity contribution is 7.80. The molecule has 3 nitrogen and oxygen atoms in total. The van der Waals surface area contributed by atoms with Crippen LogP contribution in [0, 0.1) is 11.8 Å². The molecule has 1 aliphatic rings. The number of amides is 1. The minimum atomic E-state index is -0.000472.